The summed E-state index contributed by atoms with van der Waals surface area (Å²) < 4.78 is 5.34. The van der Waals surface area contributed by atoms with Crippen molar-refractivity contribution in [1.29, 1.82) is 0 Å². The zero-order valence-electron chi connectivity index (χ0n) is 11.5. The summed E-state index contributed by atoms with van der Waals surface area (Å²) in [5, 5.41) is 4.91. The minimum absolute atomic E-state index is 0.146. The average Bonchev–Trinajstić information content (AvgIpc) is 2.45. The van der Waals surface area contributed by atoms with Crippen LogP contribution in [0.15, 0.2) is 42.5 Å². The summed E-state index contributed by atoms with van der Waals surface area (Å²) in [6.07, 6.45) is 0. The molecular weight excluding hydrogens is 293 g/mol. The first-order valence-corrected chi connectivity index (χ1v) is 7.17. The second-order valence-electron chi connectivity index (χ2n) is 4.58. The summed E-state index contributed by atoms with van der Waals surface area (Å²) in [6.45, 7) is 2.74. The molecule has 2 aromatic rings. The molecule has 0 aliphatic carbocycles. The maximum atomic E-state index is 6.20. The number of hydrogen-bond acceptors (Lipinski definition) is 2. The fraction of sp³-hybridized carbons (Fsp3) is 0.250. The molecule has 20 heavy (non-hydrogen) atoms. The van der Waals surface area contributed by atoms with Crippen LogP contribution in [0.25, 0.3) is 0 Å². The molecule has 0 aromatic heterocycles. The van der Waals surface area contributed by atoms with Gasteiger partial charge in [0.2, 0.25) is 0 Å². The Morgan fingerprint density at radius 3 is 2.60 bits per heavy atom. The Kier molecular flexibility index (Phi) is 5.30. The van der Waals surface area contributed by atoms with E-state index in [1.165, 1.54) is 0 Å². The van der Waals surface area contributed by atoms with E-state index in [4.69, 9.17) is 27.9 Å². The summed E-state index contributed by atoms with van der Waals surface area (Å²) in [7, 11) is 1.66. The summed E-state index contributed by atoms with van der Waals surface area (Å²) in [5.74, 6) is 0.827. The largest absolute Gasteiger partial charge is 0.496 e. The molecule has 0 saturated carbocycles. The standard InChI is InChI=1S/C16H17Cl2NO/c1-11(14-5-3-4-6-15(14)18)19-10-12-9-13(17)7-8-16(12)20-2/h3-9,11,19H,10H2,1-2H3. The summed E-state index contributed by atoms with van der Waals surface area (Å²) >= 11 is 12.2. The Morgan fingerprint density at radius 1 is 1.15 bits per heavy atom. The number of halogens is 2. The van der Waals surface area contributed by atoms with Crippen LogP contribution < -0.4 is 10.1 Å². The third-order valence-electron chi connectivity index (χ3n) is 3.21. The topological polar surface area (TPSA) is 21.3 Å². The normalized spacial score (nSPS) is 12.2. The van der Waals surface area contributed by atoms with Crippen molar-refractivity contribution in [3.63, 3.8) is 0 Å². The number of nitrogens with one attached hydrogen (secondary N) is 1. The Labute approximate surface area is 129 Å². The lowest BCUT2D eigenvalue weighted by atomic mass is 10.1. The molecule has 2 nitrogen and oxygen atoms in total. The molecule has 0 saturated heterocycles. The van der Waals surface area contributed by atoms with Crippen molar-refractivity contribution in [1.82, 2.24) is 5.32 Å². The van der Waals surface area contributed by atoms with E-state index in [0.717, 1.165) is 21.9 Å². The number of methoxy groups -OCH3 is 1. The lowest BCUT2D eigenvalue weighted by Gasteiger charge is -2.17. The van der Waals surface area contributed by atoms with Crippen LogP contribution in [0.2, 0.25) is 10.0 Å². The molecule has 0 aliphatic heterocycles. The molecule has 0 radical (unpaired) electrons. The van der Waals surface area contributed by atoms with Gasteiger partial charge >= 0.3 is 0 Å². The van der Waals surface area contributed by atoms with Gasteiger partial charge in [0.05, 0.1) is 7.11 Å². The number of ether oxygens (including phenoxy) is 1. The van der Waals surface area contributed by atoms with Gasteiger partial charge in [0.1, 0.15) is 5.75 Å². The van der Waals surface area contributed by atoms with Crippen LogP contribution in [0.4, 0.5) is 0 Å². The highest BCUT2D eigenvalue weighted by Gasteiger charge is 2.10. The van der Waals surface area contributed by atoms with Crippen molar-refractivity contribution in [3.05, 3.63) is 63.6 Å². The summed E-state index contributed by atoms with van der Waals surface area (Å²) in [5.41, 5.74) is 2.11. The third kappa shape index (κ3) is 3.66. The van der Waals surface area contributed by atoms with Crippen LogP contribution in [0, 0.1) is 0 Å². The molecular formula is C16H17Cl2NO. The third-order valence-corrected chi connectivity index (χ3v) is 3.79. The maximum Gasteiger partial charge on any atom is 0.123 e. The molecule has 2 rings (SSSR count). The minimum Gasteiger partial charge on any atom is -0.496 e. The fourth-order valence-corrected chi connectivity index (χ4v) is 2.58. The Hall–Kier alpha value is -1.22. The minimum atomic E-state index is 0.146. The van der Waals surface area contributed by atoms with Gasteiger partial charge in [0.25, 0.3) is 0 Å². The average molecular weight is 310 g/mol. The van der Waals surface area contributed by atoms with Gasteiger partial charge in [0.15, 0.2) is 0 Å². The highest BCUT2D eigenvalue weighted by atomic mass is 35.5. The lowest BCUT2D eigenvalue weighted by Crippen LogP contribution is -2.18. The quantitative estimate of drug-likeness (QED) is 0.852. The van der Waals surface area contributed by atoms with E-state index in [1.54, 1.807) is 7.11 Å². The molecule has 2 aromatic carbocycles. The fourth-order valence-electron chi connectivity index (χ4n) is 2.08. The van der Waals surface area contributed by atoms with Crippen LogP contribution in [0.1, 0.15) is 24.1 Å². The molecule has 4 heteroatoms. The Balaban J connectivity index is 2.09. The highest BCUT2D eigenvalue weighted by Crippen LogP contribution is 2.25. The number of benzene rings is 2. The molecule has 0 amide bonds. The molecule has 1 N–H and O–H groups in total. The molecule has 0 heterocycles. The first-order valence-electron chi connectivity index (χ1n) is 6.42. The van der Waals surface area contributed by atoms with Gasteiger partial charge in [-0.15, -0.1) is 0 Å². The maximum absolute atomic E-state index is 6.20. The molecule has 0 aliphatic rings. The smallest absolute Gasteiger partial charge is 0.123 e. The van der Waals surface area contributed by atoms with E-state index in [0.29, 0.717) is 11.6 Å². The van der Waals surface area contributed by atoms with Gasteiger partial charge in [-0.05, 0) is 36.8 Å². The van der Waals surface area contributed by atoms with Crippen LogP contribution in [-0.2, 0) is 6.54 Å². The van der Waals surface area contributed by atoms with Crippen molar-refractivity contribution < 1.29 is 4.74 Å². The monoisotopic (exact) mass is 309 g/mol. The molecule has 1 unspecified atom stereocenters. The van der Waals surface area contributed by atoms with E-state index in [-0.39, 0.29) is 6.04 Å². The van der Waals surface area contributed by atoms with E-state index in [1.807, 2.05) is 42.5 Å². The van der Waals surface area contributed by atoms with Crippen molar-refractivity contribution in [2.75, 3.05) is 7.11 Å². The molecule has 1 atom stereocenters. The molecule has 106 valence electrons. The van der Waals surface area contributed by atoms with E-state index < -0.39 is 0 Å². The van der Waals surface area contributed by atoms with Gasteiger partial charge < -0.3 is 10.1 Å². The first-order chi connectivity index (χ1) is 9.61. The highest BCUT2D eigenvalue weighted by molar-refractivity contribution is 6.31. The Morgan fingerprint density at radius 2 is 1.90 bits per heavy atom. The van der Waals surface area contributed by atoms with Crippen molar-refractivity contribution in [2.45, 2.75) is 19.5 Å². The van der Waals surface area contributed by atoms with E-state index in [9.17, 15) is 0 Å². The predicted octanol–water partition coefficient (Wildman–Crippen LogP) is 4.85. The van der Waals surface area contributed by atoms with E-state index in [2.05, 4.69) is 12.2 Å². The zero-order chi connectivity index (χ0) is 14.5. The van der Waals surface area contributed by atoms with E-state index >= 15 is 0 Å². The molecule has 0 bridgehead atoms. The number of rotatable bonds is 5. The first kappa shape index (κ1) is 15.2. The Bertz CT molecular complexity index is 586. The lowest BCUT2D eigenvalue weighted by molar-refractivity contribution is 0.406. The van der Waals surface area contributed by atoms with Gasteiger partial charge in [0, 0.05) is 28.2 Å². The SMILES string of the molecule is COc1ccc(Cl)cc1CNC(C)c1ccccc1Cl. The summed E-state index contributed by atoms with van der Waals surface area (Å²) in [6, 6.07) is 13.6. The van der Waals surface area contributed by atoms with Crippen LogP contribution in [0.3, 0.4) is 0 Å². The van der Waals surface area contributed by atoms with Crippen molar-refractivity contribution >= 4 is 23.2 Å². The van der Waals surface area contributed by atoms with Crippen molar-refractivity contribution in [2.24, 2.45) is 0 Å². The van der Waals surface area contributed by atoms with Gasteiger partial charge in [-0.3, -0.25) is 0 Å². The second-order valence-corrected chi connectivity index (χ2v) is 5.42. The van der Waals surface area contributed by atoms with Gasteiger partial charge in [-0.25, -0.2) is 0 Å². The van der Waals surface area contributed by atoms with Crippen LogP contribution in [-0.4, -0.2) is 7.11 Å². The molecule has 0 spiro atoms. The number of hydrogen-bond donors (Lipinski definition) is 1. The van der Waals surface area contributed by atoms with Crippen LogP contribution >= 0.6 is 23.2 Å². The molecule has 0 fully saturated rings. The summed E-state index contributed by atoms with van der Waals surface area (Å²) in [4.78, 5) is 0. The zero-order valence-corrected chi connectivity index (χ0v) is 13.0. The van der Waals surface area contributed by atoms with Gasteiger partial charge in [-0.2, -0.15) is 0 Å². The predicted molar refractivity (Wildman–Crippen MR) is 84.7 cm³/mol. The van der Waals surface area contributed by atoms with Crippen LogP contribution in [0.5, 0.6) is 5.75 Å². The van der Waals surface area contributed by atoms with Gasteiger partial charge in [-0.1, -0.05) is 41.4 Å². The second kappa shape index (κ2) is 6.98. The van der Waals surface area contributed by atoms with Crippen molar-refractivity contribution in [3.8, 4) is 5.75 Å².